The van der Waals surface area contributed by atoms with E-state index in [1.165, 1.54) is 18.2 Å². The Balaban J connectivity index is 1.74. The molecule has 18 heavy (non-hydrogen) atoms. The van der Waals surface area contributed by atoms with Crippen molar-refractivity contribution in [1.29, 1.82) is 0 Å². The van der Waals surface area contributed by atoms with Crippen LogP contribution in [-0.2, 0) is 4.74 Å². The second-order valence-corrected chi connectivity index (χ2v) is 5.32. The number of amides is 1. The molecule has 1 spiro atoms. The van der Waals surface area contributed by atoms with Gasteiger partial charge in [0.25, 0.3) is 5.91 Å². The lowest BCUT2D eigenvalue weighted by atomic mass is 9.97. The first-order chi connectivity index (χ1) is 8.60. The fourth-order valence-electron chi connectivity index (χ4n) is 2.34. The largest absolute Gasteiger partial charge is 0.369 e. The Morgan fingerprint density at radius 2 is 2.06 bits per heavy atom. The third-order valence-electron chi connectivity index (χ3n) is 3.68. The van der Waals surface area contributed by atoms with Crippen LogP contribution in [0.4, 0.5) is 4.39 Å². The van der Waals surface area contributed by atoms with Gasteiger partial charge in [-0.15, -0.1) is 0 Å². The number of epoxide rings is 1. The molecule has 2 fully saturated rings. The molecule has 5 heteroatoms. The quantitative estimate of drug-likeness (QED) is 0.734. The molecule has 3 nitrogen and oxygen atoms in total. The van der Waals surface area contributed by atoms with Gasteiger partial charge in [-0.05, 0) is 31.0 Å². The lowest BCUT2D eigenvalue weighted by molar-refractivity contribution is 0.0658. The zero-order valence-corrected chi connectivity index (χ0v) is 10.5. The van der Waals surface area contributed by atoms with Crippen LogP contribution in [0.1, 0.15) is 23.2 Å². The Labute approximate surface area is 109 Å². The van der Waals surface area contributed by atoms with E-state index in [0.717, 1.165) is 19.4 Å². The molecule has 3 rings (SSSR count). The summed E-state index contributed by atoms with van der Waals surface area (Å²) in [6.45, 7) is 2.05. The molecular weight excluding hydrogens is 257 g/mol. The molecule has 96 valence electrons. The highest BCUT2D eigenvalue weighted by molar-refractivity contribution is 6.30. The maximum Gasteiger partial charge on any atom is 0.256 e. The summed E-state index contributed by atoms with van der Waals surface area (Å²) >= 11 is 5.67. The van der Waals surface area contributed by atoms with Crippen LogP contribution in [0.2, 0.25) is 5.02 Å². The van der Waals surface area contributed by atoms with Gasteiger partial charge >= 0.3 is 0 Å². The first kappa shape index (κ1) is 11.9. The maximum atomic E-state index is 13.7. The summed E-state index contributed by atoms with van der Waals surface area (Å²) < 4.78 is 19.0. The second-order valence-electron chi connectivity index (χ2n) is 4.89. The molecule has 0 unspecified atom stereocenters. The number of benzene rings is 1. The predicted molar refractivity (Wildman–Crippen MR) is 65.2 cm³/mol. The zero-order chi connectivity index (χ0) is 12.8. The lowest BCUT2D eigenvalue weighted by Crippen LogP contribution is -2.41. The fraction of sp³-hybridized carbons (Fsp3) is 0.462. The molecule has 0 N–H and O–H groups in total. The fourth-order valence-corrected chi connectivity index (χ4v) is 2.50. The Bertz CT molecular complexity index is 492. The molecule has 0 atom stereocenters. The van der Waals surface area contributed by atoms with Crippen molar-refractivity contribution in [2.75, 3.05) is 19.7 Å². The van der Waals surface area contributed by atoms with Gasteiger partial charge in [-0.25, -0.2) is 4.39 Å². The zero-order valence-electron chi connectivity index (χ0n) is 9.79. The van der Waals surface area contributed by atoms with Crippen molar-refractivity contribution in [3.8, 4) is 0 Å². The summed E-state index contributed by atoms with van der Waals surface area (Å²) in [5, 5.41) is 0.299. The van der Waals surface area contributed by atoms with Crippen molar-refractivity contribution >= 4 is 17.5 Å². The first-order valence-electron chi connectivity index (χ1n) is 5.98. The normalized spacial score (nSPS) is 21.1. The topological polar surface area (TPSA) is 32.8 Å². The molecule has 2 heterocycles. The average Bonchev–Trinajstić information content (AvgIpc) is 3.09. The number of nitrogens with zero attached hydrogens (tertiary/aromatic N) is 1. The molecule has 0 aliphatic carbocycles. The van der Waals surface area contributed by atoms with Gasteiger partial charge in [0.2, 0.25) is 0 Å². The van der Waals surface area contributed by atoms with E-state index in [1.54, 1.807) is 4.90 Å². The van der Waals surface area contributed by atoms with Crippen molar-refractivity contribution in [2.45, 2.75) is 18.4 Å². The van der Waals surface area contributed by atoms with E-state index < -0.39 is 5.82 Å². The Morgan fingerprint density at radius 3 is 2.61 bits per heavy atom. The molecule has 0 aromatic heterocycles. The van der Waals surface area contributed by atoms with Gasteiger partial charge in [0.1, 0.15) is 5.82 Å². The first-order valence-corrected chi connectivity index (χ1v) is 6.36. The summed E-state index contributed by atoms with van der Waals surface area (Å²) in [6, 6.07) is 4.15. The molecule has 0 saturated carbocycles. The van der Waals surface area contributed by atoms with E-state index in [2.05, 4.69) is 0 Å². The molecule has 0 radical (unpaired) electrons. The van der Waals surface area contributed by atoms with Crippen LogP contribution in [0.5, 0.6) is 0 Å². The van der Waals surface area contributed by atoms with Gasteiger partial charge in [-0.3, -0.25) is 4.79 Å². The molecule has 2 aliphatic rings. The van der Waals surface area contributed by atoms with E-state index in [4.69, 9.17) is 16.3 Å². The smallest absolute Gasteiger partial charge is 0.256 e. The Morgan fingerprint density at radius 1 is 1.39 bits per heavy atom. The van der Waals surface area contributed by atoms with Crippen LogP contribution in [0, 0.1) is 5.82 Å². The van der Waals surface area contributed by atoms with Gasteiger partial charge in [-0.2, -0.15) is 0 Å². The monoisotopic (exact) mass is 269 g/mol. The standard InChI is InChI=1S/C13H13ClFNO2/c14-9-1-2-10(11(15)7-9)12(17)16-5-3-13(4-6-16)8-18-13/h1-2,7H,3-6,8H2. The van der Waals surface area contributed by atoms with Crippen molar-refractivity contribution < 1.29 is 13.9 Å². The van der Waals surface area contributed by atoms with Gasteiger partial charge in [0, 0.05) is 18.1 Å². The van der Waals surface area contributed by atoms with Crippen molar-refractivity contribution in [3.63, 3.8) is 0 Å². The Hall–Kier alpha value is -1.13. The summed E-state index contributed by atoms with van der Waals surface area (Å²) in [7, 11) is 0. The van der Waals surface area contributed by atoms with Gasteiger partial charge < -0.3 is 9.64 Å². The molecular formula is C13H13ClFNO2. The molecule has 1 aromatic carbocycles. The highest BCUT2D eigenvalue weighted by atomic mass is 35.5. The van der Waals surface area contributed by atoms with E-state index in [-0.39, 0.29) is 17.1 Å². The van der Waals surface area contributed by atoms with Crippen LogP contribution < -0.4 is 0 Å². The summed E-state index contributed by atoms with van der Waals surface area (Å²) in [5.41, 5.74) is 0.113. The summed E-state index contributed by atoms with van der Waals surface area (Å²) in [4.78, 5) is 13.8. The SMILES string of the molecule is O=C(c1ccc(Cl)cc1F)N1CCC2(CC1)CO2. The van der Waals surface area contributed by atoms with E-state index in [1.807, 2.05) is 0 Å². The van der Waals surface area contributed by atoms with Crippen molar-refractivity contribution in [2.24, 2.45) is 0 Å². The minimum atomic E-state index is -0.560. The van der Waals surface area contributed by atoms with Crippen LogP contribution in [0.25, 0.3) is 0 Å². The summed E-state index contributed by atoms with van der Waals surface area (Å²) in [6.07, 6.45) is 1.68. The van der Waals surface area contributed by atoms with Gasteiger partial charge in [0.05, 0.1) is 17.8 Å². The molecule has 0 bridgehead atoms. The van der Waals surface area contributed by atoms with Crippen LogP contribution >= 0.6 is 11.6 Å². The highest BCUT2D eigenvalue weighted by Gasteiger charge is 2.47. The number of carbonyl (C=O) groups is 1. The molecule has 1 aromatic rings. The molecule has 2 saturated heterocycles. The predicted octanol–water partition coefficient (Wildman–Crippen LogP) is 2.48. The minimum Gasteiger partial charge on any atom is -0.369 e. The third kappa shape index (κ3) is 2.10. The number of halogens is 2. The van der Waals surface area contributed by atoms with Crippen LogP contribution in [0.3, 0.4) is 0 Å². The Kier molecular flexibility index (Phi) is 2.79. The molecule has 1 amide bonds. The summed E-state index contributed by atoms with van der Waals surface area (Å²) in [5.74, 6) is -0.824. The number of likely N-dealkylation sites (tertiary alicyclic amines) is 1. The third-order valence-corrected chi connectivity index (χ3v) is 3.91. The van der Waals surface area contributed by atoms with Crippen molar-refractivity contribution in [3.05, 3.63) is 34.6 Å². The second kappa shape index (κ2) is 4.21. The van der Waals surface area contributed by atoms with E-state index in [9.17, 15) is 9.18 Å². The number of ether oxygens (including phenoxy) is 1. The van der Waals surface area contributed by atoms with Gasteiger partial charge in [-0.1, -0.05) is 11.6 Å². The van der Waals surface area contributed by atoms with Crippen LogP contribution in [0.15, 0.2) is 18.2 Å². The average molecular weight is 270 g/mol. The maximum absolute atomic E-state index is 13.7. The number of carbonyl (C=O) groups excluding carboxylic acids is 1. The lowest BCUT2D eigenvalue weighted by Gasteiger charge is -2.30. The minimum absolute atomic E-state index is 0.0231. The molecule has 2 aliphatic heterocycles. The highest BCUT2D eigenvalue weighted by Crippen LogP contribution is 2.38. The number of piperidine rings is 1. The number of hydrogen-bond donors (Lipinski definition) is 0. The van der Waals surface area contributed by atoms with Gasteiger partial charge in [0.15, 0.2) is 0 Å². The number of hydrogen-bond acceptors (Lipinski definition) is 2. The van der Waals surface area contributed by atoms with Crippen molar-refractivity contribution in [1.82, 2.24) is 4.90 Å². The number of rotatable bonds is 1. The van der Waals surface area contributed by atoms with Crippen LogP contribution in [-0.4, -0.2) is 36.1 Å². The van der Waals surface area contributed by atoms with E-state index >= 15 is 0 Å². The van der Waals surface area contributed by atoms with E-state index in [0.29, 0.717) is 18.1 Å².